The quantitative estimate of drug-likeness (QED) is 0.769. The molecular weight excluding hydrogens is 242 g/mol. The van der Waals surface area contributed by atoms with Crippen LogP contribution in [0.5, 0.6) is 0 Å². The molecule has 2 heterocycles. The van der Waals surface area contributed by atoms with Crippen molar-refractivity contribution in [2.75, 3.05) is 24.5 Å². The van der Waals surface area contributed by atoms with Crippen LogP contribution in [0.15, 0.2) is 6.20 Å². The Bertz CT molecular complexity index is 351. The first-order valence-electron chi connectivity index (χ1n) is 7.23. The Morgan fingerprint density at radius 2 is 2.33 bits per heavy atom. The zero-order chi connectivity index (χ0) is 12.8. The molecule has 1 fully saturated rings. The first-order chi connectivity index (χ1) is 8.83. The number of hydrogen-bond acceptors (Lipinski definition) is 4. The minimum absolute atomic E-state index is 0.889. The Labute approximate surface area is 115 Å². The monoisotopic (exact) mass is 267 g/mol. The van der Waals surface area contributed by atoms with Gasteiger partial charge in [-0.05, 0) is 31.7 Å². The van der Waals surface area contributed by atoms with Crippen LogP contribution in [0.1, 0.15) is 44.4 Å². The third-order valence-corrected chi connectivity index (χ3v) is 4.58. The number of aromatic nitrogens is 1. The summed E-state index contributed by atoms with van der Waals surface area (Å²) >= 11 is 1.85. The summed E-state index contributed by atoms with van der Waals surface area (Å²) in [7, 11) is 0. The van der Waals surface area contributed by atoms with Gasteiger partial charge < -0.3 is 10.2 Å². The molecule has 1 aromatic rings. The van der Waals surface area contributed by atoms with E-state index in [1.54, 1.807) is 0 Å². The normalized spacial score (nSPS) is 19.7. The van der Waals surface area contributed by atoms with Crippen LogP contribution in [0, 0.1) is 5.92 Å². The molecule has 0 spiro atoms. The van der Waals surface area contributed by atoms with Gasteiger partial charge in [0, 0.05) is 30.7 Å². The molecule has 2 rings (SSSR count). The molecule has 1 atom stereocenters. The van der Waals surface area contributed by atoms with E-state index in [-0.39, 0.29) is 0 Å². The van der Waals surface area contributed by atoms with Crippen LogP contribution in [0.2, 0.25) is 0 Å². The summed E-state index contributed by atoms with van der Waals surface area (Å²) in [6.07, 6.45) is 7.25. The van der Waals surface area contributed by atoms with Crippen molar-refractivity contribution in [3.05, 3.63) is 11.1 Å². The lowest BCUT2D eigenvalue weighted by Gasteiger charge is -2.14. The number of hydrogen-bond donors (Lipinski definition) is 1. The van der Waals surface area contributed by atoms with Gasteiger partial charge in [-0.2, -0.15) is 0 Å². The van der Waals surface area contributed by atoms with Gasteiger partial charge in [0.2, 0.25) is 0 Å². The standard InChI is InChI=1S/C14H25N3S/c1-3-5-12-6-8-17(11-12)14-16-10-13(18-14)9-15-7-4-2/h10,12,15H,3-9,11H2,1-2H3. The van der Waals surface area contributed by atoms with E-state index >= 15 is 0 Å². The lowest BCUT2D eigenvalue weighted by Crippen LogP contribution is -2.19. The van der Waals surface area contributed by atoms with Crippen LogP contribution in [-0.2, 0) is 6.54 Å². The molecule has 4 heteroatoms. The molecule has 0 radical (unpaired) electrons. The lowest BCUT2D eigenvalue weighted by atomic mass is 10.0. The Kier molecular flexibility index (Phi) is 5.45. The van der Waals surface area contributed by atoms with Gasteiger partial charge in [0.15, 0.2) is 5.13 Å². The maximum absolute atomic E-state index is 4.58. The van der Waals surface area contributed by atoms with Gasteiger partial charge >= 0.3 is 0 Å². The highest BCUT2D eigenvalue weighted by Crippen LogP contribution is 2.29. The van der Waals surface area contributed by atoms with Crippen LogP contribution >= 0.6 is 11.3 Å². The Morgan fingerprint density at radius 3 is 3.11 bits per heavy atom. The highest BCUT2D eigenvalue weighted by molar-refractivity contribution is 7.15. The van der Waals surface area contributed by atoms with E-state index in [1.165, 1.54) is 48.8 Å². The summed E-state index contributed by atoms with van der Waals surface area (Å²) in [5.41, 5.74) is 0. The summed E-state index contributed by atoms with van der Waals surface area (Å²) in [5, 5.41) is 4.66. The molecular formula is C14H25N3S. The van der Waals surface area contributed by atoms with Gasteiger partial charge in [-0.1, -0.05) is 20.3 Å². The highest BCUT2D eigenvalue weighted by atomic mass is 32.1. The van der Waals surface area contributed by atoms with Crippen LogP contribution in [0.4, 0.5) is 5.13 Å². The summed E-state index contributed by atoms with van der Waals surface area (Å²) in [4.78, 5) is 8.40. The Balaban J connectivity index is 1.83. The minimum Gasteiger partial charge on any atom is -0.348 e. The lowest BCUT2D eigenvalue weighted by molar-refractivity contribution is 0.530. The SMILES string of the molecule is CCCNCc1cnc(N2CCC(CCC)C2)s1. The number of nitrogens with one attached hydrogen (secondary N) is 1. The molecule has 3 nitrogen and oxygen atoms in total. The molecule has 0 bridgehead atoms. The molecule has 0 aliphatic carbocycles. The summed E-state index contributed by atoms with van der Waals surface area (Å²) in [6, 6.07) is 0. The fraction of sp³-hybridized carbons (Fsp3) is 0.786. The van der Waals surface area contributed by atoms with E-state index in [9.17, 15) is 0 Å². The topological polar surface area (TPSA) is 28.2 Å². The average Bonchev–Trinajstić information content (AvgIpc) is 2.98. The zero-order valence-corrected chi connectivity index (χ0v) is 12.4. The van der Waals surface area contributed by atoms with E-state index in [2.05, 4.69) is 29.0 Å². The third kappa shape index (κ3) is 3.69. The van der Waals surface area contributed by atoms with E-state index in [0.717, 1.165) is 19.0 Å². The molecule has 1 aliphatic heterocycles. The van der Waals surface area contributed by atoms with Crippen LogP contribution in [0.3, 0.4) is 0 Å². The van der Waals surface area contributed by atoms with Crippen molar-refractivity contribution in [1.29, 1.82) is 0 Å². The van der Waals surface area contributed by atoms with Crippen molar-refractivity contribution in [1.82, 2.24) is 10.3 Å². The molecule has 18 heavy (non-hydrogen) atoms. The van der Waals surface area contributed by atoms with Gasteiger partial charge in [-0.25, -0.2) is 4.98 Å². The van der Waals surface area contributed by atoms with E-state index in [0.29, 0.717) is 0 Å². The van der Waals surface area contributed by atoms with Crippen LogP contribution in [-0.4, -0.2) is 24.6 Å². The molecule has 1 aromatic heterocycles. The van der Waals surface area contributed by atoms with Gasteiger partial charge in [0.05, 0.1) is 0 Å². The summed E-state index contributed by atoms with van der Waals surface area (Å²) < 4.78 is 0. The first kappa shape index (κ1) is 13.8. The number of rotatable bonds is 7. The highest BCUT2D eigenvalue weighted by Gasteiger charge is 2.23. The van der Waals surface area contributed by atoms with Crippen molar-refractivity contribution < 1.29 is 0 Å². The van der Waals surface area contributed by atoms with Gasteiger partial charge in [0.1, 0.15) is 0 Å². The first-order valence-corrected chi connectivity index (χ1v) is 8.05. The maximum Gasteiger partial charge on any atom is 0.185 e. The second kappa shape index (κ2) is 7.10. The van der Waals surface area contributed by atoms with E-state index in [4.69, 9.17) is 0 Å². The van der Waals surface area contributed by atoms with E-state index in [1.807, 2.05) is 17.5 Å². The van der Waals surface area contributed by atoms with Crippen LogP contribution in [0.25, 0.3) is 0 Å². The molecule has 1 unspecified atom stereocenters. The second-order valence-electron chi connectivity index (χ2n) is 5.18. The van der Waals surface area contributed by atoms with Crippen molar-refractivity contribution in [3.8, 4) is 0 Å². The molecule has 1 N–H and O–H groups in total. The van der Waals surface area contributed by atoms with Crippen molar-refractivity contribution >= 4 is 16.5 Å². The number of anilines is 1. The molecule has 1 aliphatic rings. The fourth-order valence-electron chi connectivity index (χ4n) is 2.56. The number of nitrogens with zero attached hydrogens (tertiary/aromatic N) is 2. The van der Waals surface area contributed by atoms with Crippen molar-refractivity contribution in [2.24, 2.45) is 5.92 Å². The number of thiazole rings is 1. The Morgan fingerprint density at radius 1 is 1.44 bits per heavy atom. The third-order valence-electron chi connectivity index (χ3n) is 3.52. The molecule has 102 valence electrons. The van der Waals surface area contributed by atoms with Gasteiger partial charge in [-0.3, -0.25) is 0 Å². The van der Waals surface area contributed by atoms with Crippen molar-refractivity contribution in [2.45, 2.75) is 46.1 Å². The predicted molar refractivity (Wildman–Crippen MR) is 79.3 cm³/mol. The molecule has 0 amide bonds. The summed E-state index contributed by atoms with van der Waals surface area (Å²) in [6.45, 7) is 8.95. The van der Waals surface area contributed by atoms with Crippen molar-refractivity contribution in [3.63, 3.8) is 0 Å². The Hall–Kier alpha value is -0.610. The summed E-state index contributed by atoms with van der Waals surface area (Å²) in [5.74, 6) is 0.889. The largest absolute Gasteiger partial charge is 0.348 e. The zero-order valence-electron chi connectivity index (χ0n) is 11.6. The second-order valence-corrected chi connectivity index (χ2v) is 6.27. The predicted octanol–water partition coefficient (Wildman–Crippen LogP) is 3.27. The van der Waals surface area contributed by atoms with Crippen LogP contribution < -0.4 is 10.2 Å². The van der Waals surface area contributed by atoms with Gasteiger partial charge in [-0.15, -0.1) is 11.3 Å². The smallest absolute Gasteiger partial charge is 0.185 e. The molecule has 1 saturated heterocycles. The minimum atomic E-state index is 0.889. The fourth-order valence-corrected chi connectivity index (χ4v) is 3.48. The average molecular weight is 267 g/mol. The molecule has 0 saturated carbocycles. The van der Waals surface area contributed by atoms with E-state index < -0.39 is 0 Å². The van der Waals surface area contributed by atoms with Gasteiger partial charge in [0.25, 0.3) is 0 Å². The molecule has 0 aromatic carbocycles. The maximum atomic E-state index is 4.58.